The number of nitrogens with zero attached hydrogens (tertiary/aromatic N) is 2. The normalized spacial score (nSPS) is 18.5. The van der Waals surface area contributed by atoms with E-state index in [1.54, 1.807) is 29.4 Å². The minimum absolute atomic E-state index is 0.0290. The van der Waals surface area contributed by atoms with Crippen LogP contribution in [-0.4, -0.2) is 35.0 Å². The van der Waals surface area contributed by atoms with Gasteiger partial charge in [-0.2, -0.15) is 0 Å². The zero-order valence-corrected chi connectivity index (χ0v) is 10.4. The third-order valence-corrected chi connectivity index (χ3v) is 3.12. The molecule has 3 rings (SSSR count). The molecule has 1 saturated heterocycles. The lowest BCUT2D eigenvalue weighted by atomic mass is 10.3. The Morgan fingerprint density at radius 2 is 2.21 bits per heavy atom. The summed E-state index contributed by atoms with van der Waals surface area (Å²) in [6.07, 6.45) is 5.75. The third kappa shape index (κ3) is 2.59. The number of ether oxygens (including phenoxy) is 1. The lowest BCUT2D eigenvalue weighted by Gasteiger charge is -2.16. The fraction of sp³-hybridized carbons (Fsp3) is 0.286. The Balaban J connectivity index is 1.60. The summed E-state index contributed by atoms with van der Waals surface area (Å²) in [4.78, 5) is 17.8. The van der Waals surface area contributed by atoms with E-state index in [4.69, 9.17) is 9.15 Å². The van der Waals surface area contributed by atoms with Gasteiger partial charge in [0.1, 0.15) is 11.9 Å². The molecule has 2 aromatic rings. The molecule has 0 spiro atoms. The fourth-order valence-corrected chi connectivity index (χ4v) is 2.17. The van der Waals surface area contributed by atoms with Gasteiger partial charge in [-0.05, 0) is 24.3 Å². The fourth-order valence-electron chi connectivity index (χ4n) is 2.17. The molecule has 5 heteroatoms. The molecule has 0 radical (unpaired) electrons. The van der Waals surface area contributed by atoms with Crippen molar-refractivity contribution in [3.63, 3.8) is 0 Å². The minimum Gasteiger partial charge on any atom is -0.488 e. The van der Waals surface area contributed by atoms with Crippen LogP contribution in [-0.2, 0) is 0 Å². The molecule has 98 valence electrons. The average molecular weight is 258 g/mol. The van der Waals surface area contributed by atoms with E-state index in [-0.39, 0.29) is 12.0 Å². The van der Waals surface area contributed by atoms with Gasteiger partial charge in [0, 0.05) is 25.4 Å². The molecule has 0 aromatic carbocycles. The molecule has 1 aliphatic heterocycles. The van der Waals surface area contributed by atoms with Gasteiger partial charge in [0.2, 0.25) is 0 Å². The molecule has 0 aliphatic carbocycles. The number of rotatable bonds is 3. The van der Waals surface area contributed by atoms with Crippen LogP contribution in [0.4, 0.5) is 0 Å². The first-order valence-corrected chi connectivity index (χ1v) is 6.22. The molecule has 0 N–H and O–H groups in total. The lowest BCUT2D eigenvalue weighted by Crippen LogP contribution is -2.30. The molecule has 3 heterocycles. The van der Waals surface area contributed by atoms with Gasteiger partial charge >= 0.3 is 0 Å². The smallest absolute Gasteiger partial charge is 0.289 e. The Kier molecular flexibility index (Phi) is 3.18. The van der Waals surface area contributed by atoms with Crippen molar-refractivity contribution in [2.75, 3.05) is 13.1 Å². The number of hydrogen-bond acceptors (Lipinski definition) is 4. The quantitative estimate of drug-likeness (QED) is 0.844. The van der Waals surface area contributed by atoms with Crippen molar-refractivity contribution in [2.45, 2.75) is 12.5 Å². The topological polar surface area (TPSA) is 55.6 Å². The number of hydrogen-bond donors (Lipinski definition) is 0. The zero-order chi connectivity index (χ0) is 13.1. The van der Waals surface area contributed by atoms with Crippen molar-refractivity contribution in [3.05, 3.63) is 48.7 Å². The Bertz CT molecular complexity index is 539. The molecule has 1 aliphatic rings. The highest BCUT2D eigenvalue weighted by Crippen LogP contribution is 2.19. The van der Waals surface area contributed by atoms with Crippen molar-refractivity contribution < 1.29 is 13.9 Å². The van der Waals surface area contributed by atoms with E-state index in [0.717, 1.165) is 12.2 Å². The van der Waals surface area contributed by atoms with Crippen LogP contribution < -0.4 is 4.74 Å². The summed E-state index contributed by atoms with van der Waals surface area (Å²) in [5, 5.41) is 0. The monoisotopic (exact) mass is 258 g/mol. The number of aromatic nitrogens is 1. The second-order valence-electron chi connectivity index (χ2n) is 4.44. The number of pyridine rings is 1. The van der Waals surface area contributed by atoms with Crippen molar-refractivity contribution in [1.29, 1.82) is 0 Å². The van der Waals surface area contributed by atoms with E-state index >= 15 is 0 Å². The largest absolute Gasteiger partial charge is 0.488 e. The highest BCUT2D eigenvalue weighted by atomic mass is 16.5. The van der Waals surface area contributed by atoms with Crippen molar-refractivity contribution >= 4 is 5.91 Å². The van der Waals surface area contributed by atoms with Gasteiger partial charge in [0.05, 0.1) is 12.8 Å². The van der Waals surface area contributed by atoms with Crippen LogP contribution in [0.3, 0.4) is 0 Å². The van der Waals surface area contributed by atoms with Crippen LogP contribution in [0.25, 0.3) is 0 Å². The molecular formula is C14H14N2O3. The van der Waals surface area contributed by atoms with E-state index in [1.807, 2.05) is 12.1 Å². The van der Waals surface area contributed by atoms with E-state index in [0.29, 0.717) is 18.8 Å². The van der Waals surface area contributed by atoms with Crippen molar-refractivity contribution in [3.8, 4) is 5.75 Å². The van der Waals surface area contributed by atoms with E-state index in [2.05, 4.69) is 4.98 Å². The predicted octanol–water partition coefficient (Wildman–Crippen LogP) is 1.97. The molecule has 5 nitrogen and oxygen atoms in total. The van der Waals surface area contributed by atoms with Crippen LogP contribution in [0.15, 0.2) is 47.3 Å². The number of likely N-dealkylation sites (tertiary alicyclic amines) is 1. The second-order valence-corrected chi connectivity index (χ2v) is 4.44. The van der Waals surface area contributed by atoms with Crippen LogP contribution in [0.2, 0.25) is 0 Å². The van der Waals surface area contributed by atoms with Gasteiger partial charge in [-0.15, -0.1) is 0 Å². The highest BCUT2D eigenvalue weighted by molar-refractivity contribution is 5.91. The van der Waals surface area contributed by atoms with E-state index < -0.39 is 0 Å². The van der Waals surface area contributed by atoms with Gasteiger partial charge < -0.3 is 14.1 Å². The first-order valence-electron chi connectivity index (χ1n) is 6.22. The number of carbonyl (C=O) groups excluding carboxylic acids is 1. The standard InChI is InChI=1S/C14H14N2O3/c17-14(13-2-1-9-18-13)16-8-5-12(10-16)19-11-3-6-15-7-4-11/h1-4,6-7,9,12H,5,8,10H2. The summed E-state index contributed by atoms with van der Waals surface area (Å²) in [5.41, 5.74) is 0. The molecular weight excluding hydrogens is 244 g/mol. The Hall–Kier alpha value is -2.30. The summed E-state index contributed by atoms with van der Waals surface area (Å²) >= 11 is 0. The summed E-state index contributed by atoms with van der Waals surface area (Å²) < 4.78 is 10.9. The number of amides is 1. The molecule has 2 aromatic heterocycles. The predicted molar refractivity (Wildman–Crippen MR) is 67.9 cm³/mol. The second kappa shape index (κ2) is 5.14. The minimum atomic E-state index is -0.0779. The summed E-state index contributed by atoms with van der Waals surface area (Å²) in [5.74, 6) is 1.09. The van der Waals surface area contributed by atoms with Gasteiger partial charge in [0.25, 0.3) is 5.91 Å². The van der Waals surface area contributed by atoms with Crippen molar-refractivity contribution in [2.24, 2.45) is 0 Å². The van der Waals surface area contributed by atoms with Crippen LogP contribution >= 0.6 is 0 Å². The molecule has 1 unspecified atom stereocenters. The Labute approximate surface area is 110 Å². The molecule has 1 fully saturated rings. The summed E-state index contributed by atoms with van der Waals surface area (Å²) in [6.45, 7) is 1.27. The van der Waals surface area contributed by atoms with Gasteiger partial charge in [-0.25, -0.2) is 0 Å². The lowest BCUT2D eigenvalue weighted by molar-refractivity contribution is 0.0741. The highest BCUT2D eigenvalue weighted by Gasteiger charge is 2.29. The average Bonchev–Trinajstić information content (AvgIpc) is 3.10. The first kappa shape index (κ1) is 11.8. The zero-order valence-electron chi connectivity index (χ0n) is 10.4. The first-order chi connectivity index (χ1) is 9.33. The van der Waals surface area contributed by atoms with Gasteiger partial charge in [-0.3, -0.25) is 9.78 Å². The van der Waals surface area contributed by atoms with Crippen LogP contribution in [0.5, 0.6) is 5.75 Å². The van der Waals surface area contributed by atoms with Crippen LogP contribution in [0, 0.1) is 0 Å². The maximum absolute atomic E-state index is 12.1. The van der Waals surface area contributed by atoms with Crippen LogP contribution in [0.1, 0.15) is 17.0 Å². The summed E-state index contributed by atoms with van der Waals surface area (Å²) in [7, 11) is 0. The molecule has 0 bridgehead atoms. The van der Waals surface area contributed by atoms with Gasteiger partial charge in [0.15, 0.2) is 5.76 Å². The maximum Gasteiger partial charge on any atom is 0.289 e. The third-order valence-electron chi connectivity index (χ3n) is 3.12. The van der Waals surface area contributed by atoms with Crippen molar-refractivity contribution in [1.82, 2.24) is 9.88 Å². The number of carbonyl (C=O) groups is 1. The molecule has 0 saturated carbocycles. The van der Waals surface area contributed by atoms with Gasteiger partial charge in [-0.1, -0.05) is 0 Å². The Morgan fingerprint density at radius 3 is 2.95 bits per heavy atom. The summed E-state index contributed by atoms with van der Waals surface area (Å²) in [6, 6.07) is 7.03. The van der Waals surface area contributed by atoms with E-state index in [9.17, 15) is 4.79 Å². The molecule has 1 atom stereocenters. The molecule has 1 amide bonds. The maximum atomic E-state index is 12.1. The van der Waals surface area contributed by atoms with E-state index in [1.165, 1.54) is 6.26 Å². The Morgan fingerprint density at radius 1 is 1.37 bits per heavy atom. The number of furan rings is 1. The SMILES string of the molecule is O=C(c1ccco1)N1CCC(Oc2ccncc2)C1. The molecule has 19 heavy (non-hydrogen) atoms.